The van der Waals surface area contributed by atoms with E-state index < -0.39 is 10.0 Å². The highest BCUT2D eigenvalue weighted by atomic mass is 35.5. The summed E-state index contributed by atoms with van der Waals surface area (Å²) in [5.74, 6) is 0.397. The van der Waals surface area contributed by atoms with E-state index in [2.05, 4.69) is 10.1 Å². The smallest absolute Gasteiger partial charge is 0.243 e. The Kier molecular flexibility index (Phi) is 6.19. The third-order valence-electron chi connectivity index (χ3n) is 5.56. The molecule has 0 spiro atoms. The van der Waals surface area contributed by atoms with E-state index in [1.807, 2.05) is 24.3 Å². The molecule has 1 aliphatic carbocycles. The Hall–Kier alpha value is -2.26. The number of rotatable bonds is 7. The molecule has 1 N–H and O–H groups in total. The summed E-state index contributed by atoms with van der Waals surface area (Å²) in [4.78, 5) is 4.22. The standard InChI is InChI=1S/C21H22ClN3O4S/c22-18-8-10-19(11-9-18)30(27,28)25(20-3-1-2-17(20)13-26)12-15-4-6-16(7-5-15)21-23-14-29-24-21/h4-11,14,17,20,26H,1-3,12-13H2/t17-,20+/m0/s1. The summed E-state index contributed by atoms with van der Waals surface area (Å²) in [5, 5.41) is 14.1. The van der Waals surface area contributed by atoms with Crippen molar-refractivity contribution in [2.75, 3.05) is 6.61 Å². The van der Waals surface area contributed by atoms with Gasteiger partial charge in [0.1, 0.15) is 0 Å². The Labute approximate surface area is 180 Å². The van der Waals surface area contributed by atoms with Gasteiger partial charge >= 0.3 is 0 Å². The zero-order valence-corrected chi connectivity index (χ0v) is 17.8. The van der Waals surface area contributed by atoms with Crippen molar-refractivity contribution >= 4 is 21.6 Å². The summed E-state index contributed by atoms with van der Waals surface area (Å²) in [6.45, 7) is 0.173. The molecule has 3 aromatic rings. The minimum absolute atomic E-state index is 0.0337. The first-order chi connectivity index (χ1) is 14.5. The van der Waals surface area contributed by atoms with Crippen molar-refractivity contribution in [1.82, 2.24) is 14.4 Å². The van der Waals surface area contributed by atoms with Gasteiger partial charge in [0, 0.05) is 29.8 Å². The number of aliphatic hydroxyl groups is 1. The van der Waals surface area contributed by atoms with Crippen LogP contribution in [0.2, 0.25) is 5.02 Å². The maximum Gasteiger partial charge on any atom is 0.243 e. The predicted molar refractivity (Wildman–Crippen MR) is 112 cm³/mol. The number of benzene rings is 2. The molecule has 4 rings (SSSR count). The van der Waals surface area contributed by atoms with Gasteiger partial charge in [0.15, 0.2) is 0 Å². The molecule has 1 saturated carbocycles. The molecular formula is C21H22ClN3O4S. The lowest BCUT2D eigenvalue weighted by atomic mass is 10.0. The second-order valence-electron chi connectivity index (χ2n) is 7.40. The first-order valence-electron chi connectivity index (χ1n) is 9.73. The van der Waals surface area contributed by atoms with Gasteiger partial charge in [-0.2, -0.15) is 9.29 Å². The van der Waals surface area contributed by atoms with Crippen LogP contribution in [-0.2, 0) is 16.6 Å². The van der Waals surface area contributed by atoms with Crippen LogP contribution in [0.25, 0.3) is 11.4 Å². The minimum Gasteiger partial charge on any atom is -0.396 e. The molecule has 1 aliphatic rings. The van der Waals surface area contributed by atoms with Crippen molar-refractivity contribution in [3.05, 3.63) is 65.5 Å². The highest BCUT2D eigenvalue weighted by Gasteiger charge is 2.38. The van der Waals surface area contributed by atoms with Crippen LogP contribution in [0, 0.1) is 5.92 Å². The van der Waals surface area contributed by atoms with Crippen LogP contribution in [0.15, 0.2) is 64.3 Å². The summed E-state index contributed by atoms with van der Waals surface area (Å²) in [7, 11) is -3.77. The molecule has 7 nitrogen and oxygen atoms in total. The van der Waals surface area contributed by atoms with Crippen molar-refractivity contribution < 1.29 is 18.0 Å². The monoisotopic (exact) mass is 447 g/mol. The Morgan fingerprint density at radius 2 is 1.83 bits per heavy atom. The van der Waals surface area contributed by atoms with E-state index in [9.17, 15) is 13.5 Å². The molecule has 30 heavy (non-hydrogen) atoms. The van der Waals surface area contributed by atoms with Gasteiger partial charge in [-0.25, -0.2) is 8.42 Å². The van der Waals surface area contributed by atoms with Gasteiger partial charge in [-0.15, -0.1) is 0 Å². The quantitative estimate of drug-likeness (QED) is 0.592. The lowest BCUT2D eigenvalue weighted by Crippen LogP contribution is -2.42. The first kappa shape index (κ1) is 21.0. The van der Waals surface area contributed by atoms with Crippen molar-refractivity contribution in [3.8, 4) is 11.4 Å². The van der Waals surface area contributed by atoms with Crippen LogP contribution in [0.1, 0.15) is 24.8 Å². The van der Waals surface area contributed by atoms with Crippen molar-refractivity contribution in [2.45, 2.75) is 36.7 Å². The van der Waals surface area contributed by atoms with Gasteiger partial charge in [0.2, 0.25) is 22.2 Å². The van der Waals surface area contributed by atoms with E-state index in [1.54, 1.807) is 12.1 Å². The predicted octanol–water partition coefficient (Wildman–Crippen LogP) is 3.74. The summed E-state index contributed by atoms with van der Waals surface area (Å²) >= 11 is 5.94. The number of nitrogens with zero attached hydrogens (tertiary/aromatic N) is 3. The van der Waals surface area contributed by atoms with E-state index in [4.69, 9.17) is 16.1 Å². The average Bonchev–Trinajstić information content (AvgIpc) is 3.44. The second kappa shape index (κ2) is 8.85. The summed E-state index contributed by atoms with van der Waals surface area (Å²) in [5.41, 5.74) is 1.62. The van der Waals surface area contributed by atoms with Gasteiger partial charge in [-0.1, -0.05) is 47.4 Å². The fourth-order valence-corrected chi connectivity index (χ4v) is 5.80. The third-order valence-corrected chi connectivity index (χ3v) is 7.69. The van der Waals surface area contributed by atoms with E-state index >= 15 is 0 Å². The molecule has 9 heteroatoms. The van der Waals surface area contributed by atoms with Gasteiger partial charge in [0.05, 0.1) is 4.90 Å². The lowest BCUT2D eigenvalue weighted by molar-refractivity contribution is 0.166. The number of sulfonamides is 1. The Morgan fingerprint density at radius 3 is 2.47 bits per heavy atom. The van der Waals surface area contributed by atoms with Crippen LogP contribution in [0.3, 0.4) is 0 Å². The number of aliphatic hydroxyl groups excluding tert-OH is 1. The second-order valence-corrected chi connectivity index (χ2v) is 9.72. The maximum absolute atomic E-state index is 13.5. The highest BCUT2D eigenvalue weighted by Crippen LogP contribution is 2.34. The fourth-order valence-electron chi connectivity index (χ4n) is 3.97. The van der Waals surface area contributed by atoms with Crippen LogP contribution >= 0.6 is 11.6 Å². The van der Waals surface area contributed by atoms with Crippen LogP contribution < -0.4 is 0 Å². The molecular weight excluding hydrogens is 426 g/mol. The molecule has 2 aromatic carbocycles. The molecule has 0 radical (unpaired) electrons. The van der Waals surface area contributed by atoms with Crippen molar-refractivity contribution in [2.24, 2.45) is 5.92 Å². The normalized spacial score (nSPS) is 19.4. The van der Waals surface area contributed by atoms with Crippen molar-refractivity contribution in [3.63, 3.8) is 0 Å². The summed E-state index contributed by atoms with van der Waals surface area (Å²) < 4.78 is 33.3. The van der Waals surface area contributed by atoms with Crippen LogP contribution in [0.5, 0.6) is 0 Å². The largest absolute Gasteiger partial charge is 0.396 e. The molecule has 0 aliphatic heterocycles. The number of aromatic nitrogens is 2. The fraction of sp³-hybridized carbons (Fsp3) is 0.333. The minimum atomic E-state index is -3.77. The lowest BCUT2D eigenvalue weighted by Gasteiger charge is -2.32. The topological polar surface area (TPSA) is 96.5 Å². The van der Waals surface area contributed by atoms with Gasteiger partial charge in [0.25, 0.3) is 0 Å². The van der Waals surface area contributed by atoms with Gasteiger partial charge in [-0.05, 0) is 48.6 Å². The van der Waals surface area contributed by atoms with E-state index in [0.717, 1.165) is 30.4 Å². The number of hydrogen-bond donors (Lipinski definition) is 1. The molecule has 0 unspecified atom stereocenters. The van der Waals surface area contributed by atoms with Gasteiger partial charge in [-0.3, -0.25) is 0 Å². The SMILES string of the molecule is O=S(=O)(c1ccc(Cl)cc1)N(Cc1ccc(-c2ncon2)cc1)[C@@H]1CCC[C@H]1CO. The number of halogens is 1. The first-order valence-corrected chi connectivity index (χ1v) is 11.5. The molecule has 1 heterocycles. The van der Waals surface area contributed by atoms with E-state index in [1.165, 1.54) is 22.8 Å². The van der Waals surface area contributed by atoms with Crippen LogP contribution in [-0.4, -0.2) is 40.6 Å². The third kappa shape index (κ3) is 4.27. The molecule has 158 valence electrons. The molecule has 1 fully saturated rings. The molecule has 1 aromatic heterocycles. The zero-order chi connectivity index (χ0) is 21.1. The maximum atomic E-state index is 13.5. The average molecular weight is 448 g/mol. The highest BCUT2D eigenvalue weighted by molar-refractivity contribution is 7.89. The van der Waals surface area contributed by atoms with Gasteiger partial charge < -0.3 is 9.63 Å². The van der Waals surface area contributed by atoms with E-state index in [-0.39, 0.29) is 30.0 Å². The number of hydrogen-bond acceptors (Lipinski definition) is 6. The van der Waals surface area contributed by atoms with Crippen LogP contribution in [0.4, 0.5) is 0 Å². The molecule has 2 atom stereocenters. The summed E-state index contributed by atoms with van der Waals surface area (Å²) in [6.07, 6.45) is 3.68. The Bertz CT molecular complexity index is 1070. The molecule has 0 amide bonds. The molecule has 0 bridgehead atoms. The molecule has 0 saturated heterocycles. The van der Waals surface area contributed by atoms with E-state index in [0.29, 0.717) is 10.8 Å². The Balaban J connectivity index is 1.66. The van der Waals surface area contributed by atoms with Crippen molar-refractivity contribution in [1.29, 1.82) is 0 Å². The Morgan fingerprint density at radius 1 is 1.10 bits per heavy atom. The zero-order valence-electron chi connectivity index (χ0n) is 16.2. The summed E-state index contributed by atoms with van der Waals surface area (Å²) in [6, 6.07) is 13.3.